The largest absolute Gasteiger partial charge is 0.295 e. The SMILES string of the molecule is O=C1CCC(N2C(=O)c3cncc4c(Br)ccc2c34)C(=O)N1. The van der Waals surface area contributed by atoms with Crippen LogP contribution in [0.3, 0.4) is 0 Å². The summed E-state index contributed by atoms with van der Waals surface area (Å²) in [6, 6.07) is 2.98. The van der Waals surface area contributed by atoms with Gasteiger partial charge in [0, 0.05) is 34.1 Å². The number of hydrogen-bond donors (Lipinski definition) is 1. The van der Waals surface area contributed by atoms with Gasteiger partial charge in [0.1, 0.15) is 6.04 Å². The number of piperidine rings is 1. The molecule has 3 heterocycles. The van der Waals surface area contributed by atoms with Gasteiger partial charge in [0.25, 0.3) is 5.91 Å². The van der Waals surface area contributed by atoms with Crippen molar-refractivity contribution in [3.8, 4) is 0 Å². The maximum absolute atomic E-state index is 12.7. The molecular formula is C15H10BrN3O3. The molecule has 110 valence electrons. The number of nitrogens with one attached hydrogen (secondary N) is 1. The maximum Gasteiger partial charge on any atom is 0.261 e. The minimum absolute atomic E-state index is 0.231. The van der Waals surface area contributed by atoms with Crippen LogP contribution in [-0.2, 0) is 9.59 Å². The van der Waals surface area contributed by atoms with Crippen molar-refractivity contribution in [2.75, 3.05) is 4.90 Å². The van der Waals surface area contributed by atoms with Crippen LogP contribution in [0.4, 0.5) is 5.69 Å². The fourth-order valence-electron chi connectivity index (χ4n) is 3.08. The average Bonchev–Trinajstić information content (AvgIpc) is 2.78. The molecular weight excluding hydrogens is 350 g/mol. The Hall–Kier alpha value is -2.28. The van der Waals surface area contributed by atoms with Crippen molar-refractivity contribution in [1.29, 1.82) is 0 Å². The van der Waals surface area contributed by atoms with Crippen LogP contribution in [-0.4, -0.2) is 28.7 Å². The molecule has 1 aromatic heterocycles. The van der Waals surface area contributed by atoms with Crippen LogP contribution >= 0.6 is 15.9 Å². The Morgan fingerprint density at radius 3 is 2.82 bits per heavy atom. The minimum atomic E-state index is -0.665. The highest BCUT2D eigenvalue weighted by Crippen LogP contribution is 2.41. The van der Waals surface area contributed by atoms with Gasteiger partial charge in [0.05, 0.1) is 11.3 Å². The van der Waals surface area contributed by atoms with Gasteiger partial charge in [0.2, 0.25) is 11.8 Å². The highest BCUT2D eigenvalue weighted by molar-refractivity contribution is 9.10. The van der Waals surface area contributed by atoms with E-state index in [2.05, 4.69) is 26.2 Å². The molecule has 0 spiro atoms. The Balaban J connectivity index is 1.89. The highest BCUT2D eigenvalue weighted by Gasteiger charge is 2.40. The average molecular weight is 360 g/mol. The molecule has 2 aliphatic heterocycles. The van der Waals surface area contributed by atoms with Crippen molar-refractivity contribution in [3.05, 3.63) is 34.6 Å². The van der Waals surface area contributed by atoms with E-state index in [4.69, 9.17) is 0 Å². The normalized spacial score (nSPS) is 20.7. The van der Waals surface area contributed by atoms with Crippen LogP contribution in [0.5, 0.6) is 0 Å². The van der Waals surface area contributed by atoms with Crippen molar-refractivity contribution >= 4 is 50.1 Å². The summed E-state index contributed by atoms with van der Waals surface area (Å²) in [5.41, 5.74) is 1.17. The van der Waals surface area contributed by atoms with Gasteiger partial charge in [-0.3, -0.25) is 29.6 Å². The number of anilines is 1. The van der Waals surface area contributed by atoms with Gasteiger partial charge >= 0.3 is 0 Å². The van der Waals surface area contributed by atoms with Gasteiger partial charge in [-0.2, -0.15) is 0 Å². The number of carbonyl (C=O) groups is 3. The van der Waals surface area contributed by atoms with E-state index in [9.17, 15) is 14.4 Å². The molecule has 4 rings (SSSR count). The minimum Gasteiger partial charge on any atom is -0.295 e. The molecule has 1 fully saturated rings. The number of hydrogen-bond acceptors (Lipinski definition) is 4. The lowest BCUT2D eigenvalue weighted by atomic mass is 10.0. The Morgan fingerprint density at radius 2 is 2.05 bits per heavy atom. The molecule has 1 unspecified atom stereocenters. The Labute approximate surface area is 133 Å². The van der Waals surface area contributed by atoms with Crippen LogP contribution in [0.2, 0.25) is 0 Å². The maximum atomic E-state index is 12.7. The molecule has 2 aliphatic rings. The third-order valence-corrected chi connectivity index (χ3v) is 4.77. The number of nitrogens with zero attached hydrogens (tertiary/aromatic N) is 2. The standard InChI is InChI=1S/C15H10BrN3O3/c16-9-1-2-10-13-7(9)5-17-6-8(13)15(22)19(10)11-3-4-12(20)18-14(11)21/h1-2,5-6,11H,3-4H2,(H,18,20,21). The summed E-state index contributed by atoms with van der Waals surface area (Å²) in [5.74, 6) is -0.977. The van der Waals surface area contributed by atoms with Crippen LogP contribution < -0.4 is 10.2 Å². The van der Waals surface area contributed by atoms with E-state index in [-0.39, 0.29) is 18.2 Å². The van der Waals surface area contributed by atoms with Crippen molar-refractivity contribution in [1.82, 2.24) is 10.3 Å². The fourth-order valence-corrected chi connectivity index (χ4v) is 3.52. The predicted octanol–water partition coefficient (Wildman–Crippen LogP) is 1.76. The summed E-state index contributed by atoms with van der Waals surface area (Å²) in [7, 11) is 0. The van der Waals surface area contributed by atoms with Crippen molar-refractivity contribution in [3.63, 3.8) is 0 Å². The topological polar surface area (TPSA) is 79.4 Å². The Bertz CT molecular complexity index is 864. The second-order valence-corrected chi connectivity index (χ2v) is 6.17. The number of carbonyl (C=O) groups excluding carboxylic acids is 3. The van der Waals surface area contributed by atoms with E-state index >= 15 is 0 Å². The molecule has 0 bridgehead atoms. The van der Waals surface area contributed by atoms with E-state index in [0.29, 0.717) is 17.7 Å². The lowest BCUT2D eigenvalue weighted by Gasteiger charge is -2.30. The van der Waals surface area contributed by atoms with Gasteiger partial charge in [-0.15, -0.1) is 0 Å². The summed E-state index contributed by atoms with van der Waals surface area (Å²) in [6.07, 6.45) is 3.77. The van der Waals surface area contributed by atoms with E-state index in [0.717, 1.165) is 15.2 Å². The molecule has 0 aliphatic carbocycles. The van der Waals surface area contributed by atoms with Gasteiger partial charge in [0.15, 0.2) is 0 Å². The molecule has 0 saturated carbocycles. The smallest absolute Gasteiger partial charge is 0.261 e. The highest BCUT2D eigenvalue weighted by atomic mass is 79.9. The summed E-state index contributed by atoms with van der Waals surface area (Å²) in [4.78, 5) is 41.7. The number of pyridine rings is 1. The molecule has 7 heteroatoms. The number of amides is 3. The first-order chi connectivity index (χ1) is 10.6. The summed E-state index contributed by atoms with van der Waals surface area (Å²) >= 11 is 3.45. The summed E-state index contributed by atoms with van der Waals surface area (Å²) in [5, 5.41) is 3.92. The zero-order valence-corrected chi connectivity index (χ0v) is 12.9. The van der Waals surface area contributed by atoms with E-state index < -0.39 is 11.9 Å². The van der Waals surface area contributed by atoms with E-state index in [1.807, 2.05) is 12.1 Å². The van der Waals surface area contributed by atoms with Crippen LogP contribution in [0.15, 0.2) is 29.0 Å². The van der Waals surface area contributed by atoms with Crippen LogP contribution in [0.1, 0.15) is 23.2 Å². The number of benzene rings is 1. The first-order valence-electron chi connectivity index (χ1n) is 6.81. The zero-order chi connectivity index (χ0) is 15.4. The molecule has 6 nitrogen and oxygen atoms in total. The molecule has 2 aromatic rings. The first kappa shape index (κ1) is 13.4. The van der Waals surface area contributed by atoms with Gasteiger partial charge < -0.3 is 0 Å². The third kappa shape index (κ3) is 1.72. The lowest BCUT2D eigenvalue weighted by molar-refractivity contribution is -0.134. The van der Waals surface area contributed by atoms with Crippen molar-refractivity contribution < 1.29 is 14.4 Å². The predicted molar refractivity (Wildman–Crippen MR) is 82.4 cm³/mol. The van der Waals surface area contributed by atoms with Crippen molar-refractivity contribution in [2.45, 2.75) is 18.9 Å². The first-order valence-corrected chi connectivity index (χ1v) is 7.60. The van der Waals surface area contributed by atoms with E-state index in [1.165, 1.54) is 11.1 Å². The van der Waals surface area contributed by atoms with Gasteiger partial charge in [-0.25, -0.2) is 0 Å². The molecule has 1 aromatic carbocycles. The number of aromatic nitrogens is 1. The number of rotatable bonds is 1. The second kappa shape index (κ2) is 4.61. The van der Waals surface area contributed by atoms with Gasteiger partial charge in [-0.1, -0.05) is 15.9 Å². The van der Waals surface area contributed by atoms with Crippen molar-refractivity contribution in [2.24, 2.45) is 0 Å². The molecule has 0 radical (unpaired) electrons. The molecule has 3 amide bonds. The molecule has 1 N–H and O–H groups in total. The third-order valence-electron chi connectivity index (χ3n) is 4.08. The van der Waals surface area contributed by atoms with Gasteiger partial charge in [-0.05, 0) is 18.6 Å². The lowest BCUT2D eigenvalue weighted by Crippen LogP contribution is -2.53. The Morgan fingerprint density at radius 1 is 1.23 bits per heavy atom. The Kier molecular flexibility index (Phi) is 2.80. The fraction of sp³-hybridized carbons (Fsp3) is 0.200. The monoisotopic (exact) mass is 359 g/mol. The summed E-state index contributed by atoms with van der Waals surface area (Å²) in [6.45, 7) is 0. The number of halogens is 1. The molecule has 22 heavy (non-hydrogen) atoms. The quantitative estimate of drug-likeness (QED) is 0.786. The van der Waals surface area contributed by atoms with Crippen LogP contribution in [0.25, 0.3) is 10.8 Å². The van der Waals surface area contributed by atoms with Crippen LogP contribution in [0, 0.1) is 0 Å². The van der Waals surface area contributed by atoms with E-state index in [1.54, 1.807) is 6.20 Å². The summed E-state index contributed by atoms with van der Waals surface area (Å²) < 4.78 is 0.846. The molecule has 1 saturated heterocycles. The zero-order valence-electron chi connectivity index (χ0n) is 11.3. The number of imide groups is 1. The molecule has 1 atom stereocenters. The second-order valence-electron chi connectivity index (χ2n) is 5.32.